The van der Waals surface area contributed by atoms with Gasteiger partial charge < -0.3 is 75.8 Å². The predicted molar refractivity (Wildman–Crippen MR) is 368 cm³/mol. The van der Waals surface area contributed by atoms with Gasteiger partial charge in [-0.15, -0.1) is 0 Å². The van der Waals surface area contributed by atoms with Crippen LogP contribution >= 0.6 is 0 Å². The van der Waals surface area contributed by atoms with Crippen molar-refractivity contribution in [3.63, 3.8) is 0 Å². The summed E-state index contributed by atoms with van der Waals surface area (Å²) in [6.45, 7) is 0. The molecule has 2 atom stereocenters. The summed E-state index contributed by atoms with van der Waals surface area (Å²) in [6.07, 6.45) is 8.82. The van der Waals surface area contributed by atoms with Crippen LogP contribution in [0.25, 0.3) is 0 Å². The van der Waals surface area contributed by atoms with Crippen molar-refractivity contribution in [2.45, 2.75) is 83.0 Å². The van der Waals surface area contributed by atoms with Gasteiger partial charge in [-0.25, -0.2) is 0 Å². The van der Waals surface area contributed by atoms with Gasteiger partial charge in [-0.05, 0) is 228 Å². The summed E-state index contributed by atoms with van der Waals surface area (Å²) in [5, 5.41) is 0. The lowest BCUT2D eigenvalue weighted by atomic mass is 9.75. The highest BCUT2D eigenvalue weighted by Crippen LogP contribution is 2.44. The summed E-state index contributed by atoms with van der Waals surface area (Å²) in [5.41, 5.74) is 13.2. The standard InChI is InChI=1S/C78H94O16/c1-79-63-37-49(17-25-56(63)28-21-52-40-67(83-5)75(91-13)68(41-52)84-6)18-32-60(35-50-19-26-57(64(38-50)80-2)29-22-53-42-69(85-7)76(92-14)70(43-53)86-8)62(61-34-33-59(66(48-61)82-4)31-24-55-46-73(89-11)78(94-16)74(47-55)90-12)36-51-20-27-58(65(39-51)81-3)30-23-54-44-71(87-9)77(93-15)72(45-54)88-10/h17,19-20,25-27,33-34,37-48,60,62H,18,21-24,28-32,35-36H2,1-16H3/t60-,62-/m1/s1. The van der Waals surface area contributed by atoms with Gasteiger partial charge in [-0.3, -0.25) is 0 Å². The summed E-state index contributed by atoms with van der Waals surface area (Å²) in [4.78, 5) is 0. The van der Waals surface area contributed by atoms with E-state index in [0.29, 0.717) is 88.3 Å². The van der Waals surface area contributed by atoms with Crippen LogP contribution in [0, 0.1) is 5.92 Å². The van der Waals surface area contributed by atoms with E-state index in [-0.39, 0.29) is 11.8 Å². The van der Waals surface area contributed by atoms with Crippen molar-refractivity contribution in [1.29, 1.82) is 0 Å². The summed E-state index contributed by atoms with van der Waals surface area (Å²) >= 11 is 0. The van der Waals surface area contributed by atoms with E-state index < -0.39 is 0 Å². The van der Waals surface area contributed by atoms with Gasteiger partial charge in [0, 0.05) is 0 Å². The Morgan fingerprint density at radius 3 is 0.745 bits per heavy atom. The Balaban J connectivity index is 1.18. The molecule has 0 saturated carbocycles. The monoisotopic (exact) mass is 1290 g/mol. The Labute approximate surface area is 556 Å². The highest BCUT2D eigenvalue weighted by Gasteiger charge is 2.28. The van der Waals surface area contributed by atoms with Gasteiger partial charge in [0.25, 0.3) is 0 Å². The number of hydrogen-bond acceptors (Lipinski definition) is 16. The maximum Gasteiger partial charge on any atom is 0.203 e. The number of benzene rings is 8. The zero-order valence-corrected chi connectivity index (χ0v) is 57.7. The molecule has 94 heavy (non-hydrogen) atoms. The molecule has 0 bridgehead atoms. The molecule has 0 aliphatic heterocycles. The van der Waals surface area contributed by atoms with Gasteiger partial charge in [0.2, 0.25) is 23.0 Å². The van der Waals surface area contributed by atoms with E-state index in [1.165, 1.54) is 5.56 Å². The third-order valence-corrected chi connectivity index (χ3v) is 17.8. The lowest BCUT2D eigenvalue weighted by Gasteiger charge is -2.30. The van der Waals surface area contributed by atoms with E-state index in [0.717, 1.165) is 142 Å². The average molecular weight is 1290 g/mol. The van der Waals surface area contributed by atoms with Crippen molar-refractivity contribution < 1.29 is 75.8 Å². The van der Waals surface area contributed by atoms with Crippen molar-refractivity contribution >= 4 is 0 Å². The molecule has 0 aromatic heterocycles. The van der Waals surface area contributed by atoms with Crippen LogP contribution in [0.2, 0.25) is 0 Å². The zero-order valence-electron chi connectivity index (χ0n) is 57.7. The first-order valence-electron chi connectivity index (χ1n) is 31.6. The van der Waals surface area contributed by atoms with Crippen LogP contribution in [0.1, 0.15) is 79.1 Å². The minimum absolute atomic E-state index is 0.0156. The van der Waals surface area contributed by atoms with Crippen LogP contribution in [0.4, 0.5) is 0 Å². The molecule has 16 nitrogen and oxygen atoms in total. The van der Waals surface area contributed by atoms with Gasteiger partial charge >= 0.3 is 0 Å². The average Bonchev–Trinajstić information content (AvgIpc) is 1.36. The molecular formula is C78H94O16. The molecule has 0 fully saturated rings. The van der Waals surface area contributed by atoms with E-state index >= 15 is 0 Å². The van der Waals surface area contributed by atoms with Gasteiger partial charge in [0.1, 0.15) is 23.0 Å². The fourth-order valence-corrected chi connectivity index (χ4v) is 12.7. The second-order valence-corrected chi connectivity index (χ2v) is 23.0. The molecule has 0 spiro atoms. The number of rotatable bonds is 37. The summed E-state index contributed by atoms with van der Waals surface area (Å²) < 4.78 is 93.3. The molecule has 0 aliphatic rings. The molecule has 0 heterocycles. The fourth-order valence-electron chi connectivity index (χ4n) is 12.7. The second kappa shape index (κ2) is 34.5. The van der Waals surface area contributed by atoms with Crippen molar-refractivity contribution in [1.82, 2.24) is 0 Å². The molecule has 0 saturated heterocycles. The number of methoxy groups -OCH3 is 16. The third-order valence-electron chi connectivity index (χ3n) is 17.8. The SMILES string of the molecule is COc1cc(CC[C@H](Cc2ccc(CCc3cc(OC)c(OC)c(OC)c3)c(OC)c2)[C@@H](Cc2ccc(CCc3cc(OC)c(OC)c(OC)c3)c(OC)c2)c2ccc(CCc3cc(OC)c(OC)c(OC)c3)c(OC)c2)ccc1CCc1cc(OC)c(OC)c(OC)c1. The molecular weight excluding hydrogens is 1190 g/mol. The van der Waals surface area contributed by atoms with E-state index in [2.05, 4.69) is 72.8 Å². The molecule has 0 N–H and O–H groups in total. The molecule has 8 aromatic carbocycles. The number of aryl methyl sites for hydroxylation is 9. The Morgan fingerprint density at radius 1 is 0.213 bits per heavy atom. The maximum absolute atomic E-state index is 6.36. The molecule has 502 valence electrons. The highest BCUT2D eigenvalue weighted by atomic mass is 16.6. The van der Waals surface area contributed by atoms with E-state index in [1.54, 1.807) is 114 Å². The van der Waals surface area contributed by atoms with Gasteiger partial charge in [0.05, 0.1) is 114 Å². The van der Waals surface area contributed by atoms with Gasteiger partial charge in [-0.2, -0.15) is 0 Å². The molecule has 0 radical (unpaired) electrons. The van der Waals surface area contributed by atoms with E-state index in [9.17, 15) is 0 Å². The van der Waals surface area contributed by atoms with Crippen LogP contribution in [-0.2, 0) is 70.6 Å². The second-order valence-electron chi connectivity index (χ2n) is 23.0. The smallest absolute Gasteiger partial charge is 0.203 e. The molecule has 16 heteroatoms. The minimum Gasteiger partial charge on any atom is -0.496 e. The summed E-state index contributed by atoms with van der Waals surface area (Å²) in [5.74, 6) is 10.6. The van der Waals surface area contributed by atoms with E-state index in [4.69, 9.17) is 75.8 Å². The first-order chi connectivity index (χ1) is 45.8. The van der Waals surface area contributed by atoms with Crippen LogP contribution < -0.4 is 75.8 Å². The predicted octanol–water partition coefficient (Wildman–Crippen LogP) is 14.8. The fraction of sp³-hybridized carbons (Fsp3) is 0.385. The van der Waals surface area contributed by atoms with Crippen molar-refractivity contribution in [3.8, 4) is 92.0 Å². The highest BCUT2D eigenvalue weighted by molar-refractivity contribution is 5.58. The largest absolute Gasteiger partial charge is 0.496 e. The van der Waals surface area contributed by atoms with Crippen molar-refractivity contribution in [2.24, 2.45) is 5.92 Å². The quantitative estimate of drug-likeness (QED) is 0.0363. The van der Waals surface area contributed by atoms with Crippen LogP contribution in [0.15, 0.2) is 121 Å². The van der Waals surface area contributed by atoms with E-state index in [1.807, 2.05) is 48.5 Å². The molecule has 8 rings (SSSR count). The molecule has 0 amide bonds. The summed E-state index contributed by atoms with van der Waals surface area (Å²) in [6, 6.07) is 42.9. The molecule has 0 unspecified atom stereocenters. The minimum atomic E-state index is -0.0156. The lowest BCUT2D eigenvalue weighted by molar-refractivity contribution is 0.323. The van der Waals surface area contributed by atoms with Gasteiger partial charge in [0.15, 0.2) is 46.0 Å². The Morgan fingerprint density at radius 2 is 0.457 bits per heavy atom. The molecule has 8 aromatic rings. The topological polar surface area (TPSA) is 148 Å². The zero-order chi connectivity index (χ0) is 67.3. The Bertz CT molecular complexity index is 3680. The van der Waals surface area contributed by atoms with Gasteiger partial charge in [-0.1, -0.05) is 48.5 Å². The van der Waals surface area contributed by atoms with Crippen molar-refractivity contribution in [2.75, 3.05) is 114 Å². The summed E-state index contributed by atoms with van der Waals surface area (Å²) in [7, 11) is 26.6. The number of ether oxygens (including phenoxy) is 16. The first kappa shape index (κ1) is 70.4. The first-order valence-corrected chi connectivity index (χ1v) is 31.6. The Hall–Kier alpha value is -9.44. The Kier molecular flexibility index (Phi) is 25.8. The normalized spacial score (nSPS) is 11.6. The third kappa shape index (κ3) is 17.0. The number of hydrogen-bond donors (Lipinski definition) is 0. The maximum atomic E-state index is 6.36. The molecule has 0 aliphatic carbocycles. The van der Waals surface area contributed by atoms with Crippen LogP contribution in [0.3, 0.4) is 0 Å². The van der Waals surface area contributed by atoms with Crippen molar-refractivity contribution in [3.05, 3.63) is 188 Å². The lowest BCUT2D eigenvalue weighted by Crippen LogP contribution is -2.20. The van der Waals surface area contributed by atoms with Crippen LogP contribution in [0.5, 0.6) is 92.0 Å². The van der Waals surface area contributed by atoms with Crippen LogP contribution in [-0.4, -0.2) is 114 Å².